The molecule has 6 heteroatoms. The summed E-state index contributed by atoms with van der Waals surface area (Å²) in [5.41, 5.74) is 1.51. The van der Waals surface area contributed by atoms with E-state index in [0.717, 1.165) is 23.4 Å². The van der Waals surface area contributed by atoms with E-state index < -0.39 is 5.97 Å². The van der Waals surface area contributed by atoms with Crippen LogP contribution in [-0.4, -0.2) is 25.8 Å². The van der Waals surface area contributed by atoms with Gasteiger partial charge in [-0.1, -0.05) is 0 Å². The Morgan fingerprint density at radius 1 is 1.67 bits per heavy atom. The first-order valence-corrected chi connectivity index (χ1v) is 5.30. The van der Waals surface area contributed by atoms with Gasteiger partial charge in [0.25, 0.3) is 0 Å². The fourth-order valence-electron chi connectivity index (χ4n) is 1.17. The molecule has 0 bridgehead atoms. The van der Waals surface area contributed by atoms with Gasteiger partial charge in [0.1, 0.15) is 0 Å². The maximum atomic E-state index is 10.6. The van der Waals surface area contributed by atoms with Crippen molar-refractivity contribution >= 4 is 17.3 Å². The number of rotatable bonds is 3. The van der Waals surface area contributed by atoms with Gasteiger partial charge in [-0.3, -0.25) is 4.68 Å². The van der Waals surface area contributed by atoms with E-state index in [-0.39, 0.29) is 5.01 Å². The third kappa shape index (κ3) is 1.89. The first kappa shape index (κ1) is 9.85. The summed E-state index contributed by atoms with van der Waals surface area (Å²) in [6.45, 7) is 2.77. The molecule has 0 aromatic carbocycles. The monoisotopic (exact) mass is 223 g/mol. The average molecular weight is 223 g/mol. The quantitative estimate of drug-likeness (QED) is 0.860. The minimum atomic E-state index is -0.992. The number of aromatic carboxylic acids is 1. The molecule has 2 aromatic heterocycles. The normalized spacial score (nSPS) is 10.5. The summed E-state index contributed by atoms with van der Waals surface area (Å²) in [6, 6.07) is 0. The van der Waals surface area contributed by atoms with Crippen LogP contribution in [0.2, 0.25) is 0 Å². The van der Waals surface area contributed by atoms with E-state index in [1.165, 1.54) is 0 Å². The molecule has 0 aliphatic carbocycles. The summed E-state index contributed by atoms with van der Waals surface area (Å²) < 4.78 is 1.77. The number of carboxylic acids is 1. The van der Waals surface area contributed by atoms with Gasteiger partial charge in [0, 0.05) is 23.7 Å². The number of nitrogens with zero attached hydrogens (tertiary/aromatic N) is 3. The van der Waals surface area contributed by atoms with E-state index in [1.807, 2.05) is 13.1 Å². The van der Waals surface area contributed by atoms with Gasteiger partial charge in [-0.15, -0.1) is 11.3 Å². The highest BCUT2D eigenvalue weighted by Gasteiger charge is 2.11. The Hall–Kier alpha value is -1.69. The smallest absolute Gasteiger partial charge is 0.365 e. The third-order valence-electron chi connectivity index (χ3n) is 1.94. The molecule has 0 radical (unpaired) electrons. The van der Waals surface area contributed by atoms with Crippen LogP contribution in [0.4, 0.5) is 0 Å². The van der Waals surface area contributed by atoms with Crippen LogP contribution >= 0.6 is 11.3 Å². The number of aryl methyl sites for hydroxylation is 1. The lowest BCUT2D eigenvalue weighted by atomic mass is 10.3. The molecular formula is C9H9N3O2S. The lowest BCUT2D eigenvalue weighted by Crippen LogP contribution is -1.94. The molecule has 0 fully saturated rings. The zero-order valence-electron chi connectivity index (χ0n) is 8.04. The zero-order chi connectivity index (χ0) is 10.8. The Bertz CT molecular complexity index is 489. The van der Waals surface area contributed by atoms with Crippen molar-refractivity contribution in [1.82, 2.24) is 14.8 Å². The summed E-state index contributed by atoms with van der Waals surface area (Å²) in [7, 11) is 0. The van der Waals surface area contributed by atoms with Crippen molar-refractivity contribution in [1.29, 1.82) is 0 Å². The van der Waals surface area contributed by atoms with Crippen LogP contribution in [0, 0.1) is 0 Å². The molecule has 0 saturated heterocycles. The molecule has 0 spiro atoms. The van der Waals surface area contributed by atoms with Crippen LogP contribution in [0.1, 0.15) is 16.7 Å². The summed E-state index contributed by atoms with van der Waals surface area (Å²) in [6.07, 6.45) is 3.53. The Morgan fingerprint density at radius 3 is 3.00 bits per heavy atom. The van der Waals surface area contributed by atoms with Crippen molar-refractivity contribution in [3.8, 4) is 11.3 Å². The molecule has 2 rings (SSSR count). The first-order chi connectivity index (χ1) is 7.20. The highest BCUT2D eigenvalue weighted by molar-refractivity contribution is 7.11. The van der Waals surface area contributed by atoms with Crippen molar-refractivity contribution in [3.05, 3.63) is 22.8 Å². The van der Waals surface area contributed by atoms with Gasteiger partial charge in [-0.25, -0.2) is 9.78 Å². The van der Waals surface area contributed by atoms with Gasteiger partial charge >= 0.3 is 5.97 Å². The number of hydrogen-bond acceptors (Lipinski definition) is 4. The van der Waals surface area contributed by atoms with Crippen molar-refractivity contribution < 1.29 is 9.90 Å². The van der Waals surface area contributed by atoms with Gasteiger partial charge < -0.3 is 5.11 Å². The van der Waals surface area contributed by atoms with Crippen LogP contribution in [-0.2, 0) is 6.54 Å². The third-order valence-corrected chi connectivity index (χ3v) is 2.77. The van der Waals surface area contributed by atoms with E-state index in [0.29, 0.717) is 5.69 Å². The fourth-order valence-corrected chi connectivity index (χ4v) is 1.84. The highest BCUT2D eigenvalue weighted by atomic mass is 32.1. The minimum Gasteiger partial charge on any atom is -0.476 e. The first-order valence-electron chi connectivity index (χ1n) is 4.42. The summed E-state index contributed by atoms with van der Waals surface area (Å²) in [4.78, 5) is 14.6. The molecule has 1 N–H and O–H groups in total. The van der Waals surface area contributed by atoms with Gasteiger partial charge in [0.15, 0.2) is 0 Å². The molecule has 0 aliphatic rings. The predicted octanol–water partition coefficient (Wildman–Crippen LogP) is 1.72. The fraction of sp³-hybridized carbons (Fsp3) is 0.222. The number of thiazole rings is 1. The molecule has 5 nitrogen and oxygen atoms in total. The van der Waals surface area contributed by atoms with Crippen LogP contribution in [0.5, 0.6) is 0 Å². The Kier molecular flexibility index (Phi) is 2.51. The lowest BCUT2D eigenvalue weighted by Gasteiger charge is -1.90. The van der Waals surface area contributed by atoms with Crippen molar-refractivity contribution in [2.75, 3.05) is 0 Å². The summed E-state index contributed by atoms with van der Waals surface area (Å²) in [5.74, 6) is -0.992. The Balaban J connectivity index is 2.32. The van der Waals surface area contributed by atoms with Gasteiger partial charge in [-0.05, 0) is 6.92 Å². The van der Waals surface area contributed by atoms with Gasteiger partial charge in [0.2, 0.25) is 5.01 Å². The van der Waals surface area contributed by atoms with Crippen LogP contribution < -0.4 is 0 Å². The Morgan fingerprint density at radius 2 is 2.47 bits per heavy atom. The maximum absolute atomic E-state index is 10.6. The highest BCUT2D eigenvalue weighted by Crippen LogP contribution is 2.21. The van der Waals surface area contributed by atoms with Crippen LogP contribution in [0.3, 0.4) is 0 Å². The molecule has 2 heterocycles. The maximum Gasteiger partial charge on any atom is 0.365 e. The van der Waals surface area contributed by atoms with Gasteiger partial charge in [-0.2, -0.15) is 5.10 Å². The van der Waals surface area contributed by atoms with E-state index >= 15 is 0 Å². The average Bonchev–Trinajstić information content (AvgIpc) is 2.86. The minimum absolute atomic E-state index is 0.106. The molecule has 0 saturated carbocycles. The summed E-state index contributed by atoms with van der Waals surface area (Å²) >= 11 is 1.12. The molecule has 2 aromatic rings. The second-order valence-corrected chi connectivity index (χ2v) is 3.79. The van der Waals surface area contributed by atoms with Crippen LogP contribution in [0.15, 0.2) is 17.8 Å². The molecule has 0 amide bonds. The van der Waals surface area contributed by atoms with Gasteiger partial charge in [0.05, 0.1) is 11.9 Å². The van der Waals surface area contributed by atoms with E-state index in [1.54, 1.807) is 16.3 Å². The SMILES string of the molecule is CCn1cc(-c2csc(C(=O)O)n2)cn1. The van der Waals surface area contributed by atoms with Crippen LogP contribution in [0.25, 0.3) is 11.3 Å². The number of carboxylic acid groups (broad SMARTS) is 1. The predicted molar refractivity (Wildman–Crippen MR) is 56.0 cm³/mol. The summed E-state index contributed by atoms with van der Waals surface area (Å²) in [5, 5.41) is 14.7. The largest absolute Gasteiger partial charge is 0.476 e. The molecular weight excluding hydrogens is 214 g/mol. The van der Waals surface area contributed by atoms with Crippen molar-refractivity contribution in [3.63, 3.8) is 0 Å². The van der Waals surface area contributed by atoms with E-state index in [9.17, 15) is 4.79 Å². The Labute approximate surface area is 90.0 Å². The second kappa shape index (κ2) is 3.82. The molecule has 78 valence electrons. The molecule has 0 atom stereocenters. The lowest BCUT2D eigenvalue weighted by molar-refractivity contribution is 0.0696. The molecule has 0 aliphatic heterocycles. The van der Waals surface area contributed by atoms with E-state index in [2.05, 4.69) is 10.1 Å². The number of carbonyl (C=O) groups is 1. The number of hydrogen-bond donors (Lipinski definition) is 1. The van der Waals surface area contributed by atoms with Crippen molar-refractivity contribution in [2.45, 2.75) is 13.5 Å². The van der Waals surface area contributed by atoms with E-state index in [4.69, 9.17) is 5.11 Å². The zero-order valence-corrected chi connectivity index (χ0v) is 8.86. The molecule has 0 unspecified atom stereocenters. The topological polar surface area (TPSA) is 68.0 Å². The molecule has 15 heavy (non-hydrogen) atoms. The second-order valence-electron chi connectivity index (χ2n) is 2.93. The number of aromatic nitrogens is 3. The standard InChI is InChI=1S/C9H9N3O2S/c1-2-12-4-6(3-10-12)7-5-15-8(11-7)9(13)14/h3-5H,2H2,1H3,(H,13,14). The van der Waals surface area contributed by atoms with Crippen molar-refractivity contribution in [2.24, 2.45) is 0 Å².